The van der Waals surface area contributed by atoms with Gasteiger partial charge in [-0.1, -0.05) is 0 Å². The molecule has 2 heterocycles. The highest BCUT2D eigenvalue weighted by Crippen LogP contribution is 2.31. The van der Waals surface area contributed by atoms with Crippen LogP contribution in [0.15, 0.2) is 4.79 Å². The molecule has 6 radical (unpaired) electrons. The summed E-state index contributed by atoms with van der Waals surface area (Å²) in [5, 5.41) is 26.6. The summed E-state index contributed by atoms with van der Waals surface area (Å²) in [6, 6.07) is 0. The van der Waals surface area contributed by atoms with E-state index in [-0.39, 0.29) is 5.95 Å². The molecule has 2 unspecified atom stereocenters. The van der Waals surface area contributed by atoms with Crippen molar-refractivity contribution in [3.63, 3.8) is 0 Å². The minimum absolute atomic E-state index is 0.359. The van der Waals surface area contributed by atoms with Crippen molar-refractivity contribution in [1.29, 1.82) is 0 Å². The first-order valence-corrected chi connectivity index (χ1v) is 5.46. The van der Waals surface area contributed by atoms with Crippen LogP contribution in [0.4, 0.5) is 5.95 Å². The fourth-order valence-corrected chi connectivity index (χ4v) is 1.94. The molecule has 9 nitrogen and oxygen atoms in total. The van der Waals surface area contributed by atoms with Gasteiger partial charge in [0.1, 0.15) is 34.0 Å². The predicted octanol–water partition coefficient (Wildman–Crippen LogP) is -5.38. The Balaban J connectivity index is 2.43. The van der Waals surface area contributed by atoms with Crippen LogP contribution in [0.5, 0.6) is 0 Å². The number of anilines is 1. The Kier molecular flexibility index (Phi) is 3.67. The number of hydrogen-bond donors (Lipinski definition) is 4. The molecule has 5 N–H and O–H groups in total. The lowest BCUT2D eigenvalue weighted by atomic mass is 9.61. The summed E-state index contributed by atoms with van der Waals surface area (Å²) >= 11 is 0. The Morgan fingerprint density at radius 1 is 1.30 bits per heavy atom. The molecule has 4 atom stereocenters. The third-order valence-electron chi connectivity index (χ3n) is 2.84. The number of rotatable bonds is 2. The first-order valence-electron chi connectivity index (χ1n) is 5.46. The van der Waals surface area contributed by atoms with Crippen LogP contribution in [-0.4, -0.2) is 77.1 Å². The molecule has 0 aromatic carbocycles. The number of nitrogens with two attached hydrogens (primary N) is 1. The number of aliphatic hydroxyl groups excluding tert-OH is 2. The van der Waals surface area contributed by atoms with E-state index in [4.69, 9.17) is 34.0 Å². The maximum absolute atomic E-state index is 11.7. The van der Waals surface area contributed by atoms with E-state index in [1.165, 1.54) is 0 Å². The van der Waals surface area contributed by atoms with Gasteiger partial charge < -0.3 is 25.8 Å². The van der Waals surface area contributed by atoms with E-state index in [0.717, 1.165) is 0 Å². The van der Waals surface area contributed by atoms with E-state index in [1.54, 1.807) is 0 Å². The number of hydrogen-bond acceptors (Lipinski definition) is 8. The molecule has 0 saturated carbocycles. The normalized spacial score (nSPS) is 30.6. The summed E-state index contributed by atoms with van der Waals surface area (Å²) in [5.41, 5.74) is 3.89. The lowest BCUT2D eigenvalue weighted by molar-refractivity contribution is -0.0758. The van der Waals surface area contributed by atoms with Crippen LogP contribution in [0.1, 0.15) is 6.23 Å². The van der Waals surface area contributed by atoms with Crippen LogP contribution in [0.2, 0.25) is 0 Å². The van der Waals surface area contributed by atoms with Gasteiger partial charge in [0.25, 0.3) is 0 Å². The largest absolute Gasteiger partial charge is 0.406 e. The fourth-order valence-electron chi connectivity index (χ4n) is 1.94. The Morgan fingerprint density at radius 2 is 1.90 bits per heavy atom. The van der Waals surface area contributed by atoms with Crippen molar-refractivity contribution < 1.29 is 20.1 Å². The monoisotopic (exact) mass is 274 g/mol. The highest BCUT2D eigenvalue weighted by molar-refractivity contribution is 6.39. The summed E-state index contributed by atoms with van der Waals surface area (Å²) in [6.07, 6.45) is -6.30. The highest BCUT2D eigenvalue weighted by Gasteiger charge is 2.49. The topological polar surface area (TPSA) is 144 Å². The molecule has 0 spiro atoms. The van der Waals surface area contributed by atoms with Gasteiger partial charge in [0.05, 0.1) is 5.72 Å². The van der Waals surface area contributed by atoms with E-state index < -0.39 is 41.4 Å². The van der Waals surface area contributed by atoms with Gasteiger partial charge in [-0.3, -0.25) is 4.57 Å². The van der Waals surface area contributed by atoms with Crippen molar-refractivity contribution in [2.45, 2.75) is 29.9 Å². The standard InChI is InChI=1S/C8H9B3N4O5/c9-5-13-6(12)14-7(18)15(5)4-2(17)1(16)3(20-4)8(10,11)19/h1-4,16-17,19H,(H2,12,14,18)/t1?,2?,3-,4+/m0/s1. The average Bonchev–Trinajstić information content (AvgIpc) is 2.55. The fraction of sp³-hybridized carbons (Fsp3) is 0.625. The molecule has 1 aromatic heterocycles. The van der Waals surface area contributed by atoms with Gasteiger partial charge in [-0.15, -0.1) is 0 Å². The smallest absolute Gasteiger partial charge is 0.353 e. The van der Waals surface area contributed by atoms with Gasteiger partial charge >= 0.3 is 5.69 Å². The zero-order chi connectivity index (χ0) is 15.2. The Morgan fingerprint density at radius 3 is 2.35 bits per heavy atom. The molecule has 0 aliphatic carbocycles. The lowest BCUT2D eigenvalue weighted by Gasteiger charge is -2.28. The Hall–Kier alpha value is -1.36. The lowest BCUT2D eigenvalue weighted by Crippen LogP contribution is -2.50. The van der Waals surface area contributed by atoms with Crippen molar-refractivity contribution in [3.05, 3.63) is 10.5 Å². The van der Waals surface area contributed by atoms with Crippen LogP contribution < -0.4 is 17.1 Å². The second-order valence-electron chi connectivity index (χ2n) is 4.41. The van der Waals surface area contributed by atoms with Crippen LogP contribution in [0.25, 0.3) is 0 Å². The molecule has 0 amide bonds. The third kappa shape index (κ3) is 2.47. The summed E-state index contributed by atoms with van der Waals surface area (Å²) in [5.74, 6) is -0.359. The predicted molar refractivity (Wildman–Crippen MR) is 68.5 cm³/mol. The van der Waals surface area contributed by atoms with Gasteiger partial charge in [0.2, 0.25) is 5.95 Å². The van der Waals surface area contributed by atoms with Crippen molar-refractivity contribution in [1.82, 2.24) is 14.5 Å². The van der Waals surface area contributed by atoms with Crippen LogP contribution in [0, 0.1) is 0 Å². The molecule has 0 bridgehead atoms. The van der Waals surface area contributed by atoms with Crippen LogP contribution in [-0.2, 0) is 4.74 Å². The summed E-state index contributed by atoms with van der Waals surface area (Å²) in [4.78, 5) is 18.6. The maximum atomic E-state index is 11.7. The van der Waals surface area contributed by atoms with Crippen LogP contribution in [0.3, 0.4) is 0 Å². The minimum atomic E-state index is -2.43. The van der Waals surface area contributed by atoms with Crippen molar-refractivity contribution in [2.75, 3.05) is 5.73 Å². The average molecular weight is 274 g/mol. The van der Waals surface area contributed by atoms with E-state index in [2.05, 4.69) is 9.97 Å². The van der Waals surface area contributed by atoms with Gasteiger partial charge in [-0.25, -0.2) is 9.78 Å². The van der Waals surface area contributed by atoms with E-state index in [0.29, 0.717) is 4.57 Å². The Bertz CT molecular complexity index is 576. The molecule has 1 aliphatic rings. The first kappa shape index (κ1) is 15.0. The second kappa shape index (κ2) is 4.88. The SMILES string of the molecule is [B]c1nc(N)nc(=O)n1[C@@H]1O[C@H](C([B])([B])O)C(O)C1O. The number of ether oxygens (including phenoxy) is 1. The van der Waals surface area contributed by atoms with E-state index in [1.807, 2.05) is 0 Å². The molecule has 2 rings (SSSR count). The number of aromatic nitrogens is 3. The molecule has 12 heteroatoms. The molecule has 1 aliphatic heterocycles. The van der Waals surface area contributed by atoms with Gasteiger partial charge in [0, 0.05) is 5.40 Å². The number of nitrogens with zero attached hydrogens (tertiary/aromatic N) is 3. The first-order chi connectivity index (χ1) is 9.12. The van der Waals surface area contributed by atoms with Crippen molar-refractivity contribution >= 4 is 35.2 Å². The molecule has 100 valence electrons. The second-order valence-corrected chi connectivity index (χ2v) is 4.41. The molecule has 20 heavy (non-hydrogen) atoms. The van der Waals surface area contributed by atoms with Crippen molar-refractivity contribution in [2.24, 2.45) is 0 Å². The maximum Gasteiger partial charge on any atom is 0.353 e. The number of nitrogen functional groups attached to an aromatic ring is 1. The summed E-state index contributed by atoms with van der Waals surface area (Å²) < 4.78 is 5.76. The van der Waals surface area contributed by atoms with Gasteiger partial charge in [0.15, 0.2) is 14.1 Å². The molecular formula is C8H9B3N4O5. The van der Waals surface area contributed by atoms with E-state index >= 15 is 0 Å². The summed E-state index contributed by atoms with van der Waals surface area (Å²) in [7, 11) is 15.9. The molecule has 1 fully saturated rings. The van der Waals surface area contributed by atoms with Gasteiger partial charge in [-0.05, 0) is 0 Å². The zero-order valence-corrected chi connectivity index (χ0v) is 10.1. The number of aliphatic hydroxyl groups is 3. The summed E-state index contributed by atoms with van der Waals surface area (Å²) in [6.45, 7) is 0. The molecule has 1 aromatic rings. The zero-order valence-electron chi connectivity index (χ0n) is 10.1. The van der Waals surface area contributed by atoms with E-state index in [9.17, 15) is 20.1 Å². The molecular weight excluding hydrogens is 265 g/mol. The Labute approximate surface area is 117 Å². The quantitative estimate of drug-likeness (QED) is 0.391. The van der Waals surface area contributed by atoms with Crippen molar-refractivity contribution in [3.8, 4) is 0 Å². The minimum Gasteiger partial charge on any atom is -0.406 e. The van der Waals surface area contributed by atoms with Crippen LogP contribution >= 0.6 is 0 Å². The highest BCUT2D eigenvalue weighted by atomic mass is 16.6. The third-order valence-corrected chi connectivity index (χ3v) is 2.84. The molecule has 1 saturated heterocycles. The van der Waals surface area contributed by atoms with Gasteiger partial charge in [-0.2, -0.15) is 4.98 Å².